The monoisotopic (exact) mass is 191 g/mol. The molecule has 0 heterocycles. The summed E-state index contributed by atoms with van der Waals surface area (Å²) < 4.78 is 0. The summed E-state index contributed by atoms with van der Waals surface area (Å²) >= 11 is 0. The lowest BCUT2D eigenvalue weighted by atomic mass is 10.0. The van der Waals surface area contributed by atoms with Crippen molar-refractivity contribution < 1.29 is 5.11 Å². The number of aromatic hydroxyl groups is 1. The van der Waals surface area contributed by atoms with Crippen LogP contribution in [0.25, 0.3) is 0 Å². The molecule has 14 heavy (non-hydrogen) atoms. The van der Waals surface area contributed by atoms with Crippen LogP contribution in [0.3, 0.4) is 0 Å². The highest BCUT2D eigenvalue weighted by atomic mass is 16.3. The molecule has 1 aromatic carbocycles. The molecule has 0 saturated carbocycles. The molecule has 5 N–H and O–H groups in total. The second kappa shape index (κ2) is 3.99. The van der Waals surface area contributed by atoms with Crippen LogP contribution in [0.1, 0.15) is 23.6 Å². The first kappa shape index (κ1) is 10.4. The number of nitrogens with two attached hydrogens (primary N) is 2. The Morgan fingerprint density at radius 3 is 2.79 bits per heavy atom. The van der Waals surface area contributed by atoms with E-state index < -0.39 is 6.04 Å². The first-order chi connectivity index (χ1) is 6.56. The molecule has 0 aliphatic carbocycles. The standard InChI is InChI=1S/C10H13N3O/c1-6-4-7(8(12)2-3-11)10(14)9(13)5-6/h4-5,8,14H,2,12-13H2,1H3. The molecule has 0 aliphatic heterocycles. The summed E-state index contributed by atoms with van der Waals surface area (Å²) in [6.45, 7) is 1.86. The summed E-state index contributed by atoms with van der Waals surface area (Å²) in [4.78, 5) is 0. The summed E-state index contributed by atoms with van der Waals surface area (Å²) in [6.07, 6.45) is 0.163. The highest BCUT2D eigenvalue weighted by molar-refractivity contribution is 5.58. The van der Waals surface area contributed by atoms with E-state index >= 15 is 0 Å². The molecule has 0 aliphatic rings. The SMILES string of the molecule is Cc1cc(N)c(O)c(C(N)CC#N)c1. The molecule has 0 fully saturated rings. The van der Waals surface area contributed by atoms with Crippen LogP contribution in [-0.2, 0) is 0 Å². The molecule has 0 saturated heterocycles. The van der Waals surface area contributed by atoms with E-state index in [4.69, 9.17) is 16.7 Å². The van der Waals surface area contributed by atoms with Gasteiger partial charge in [0.05, 0.1) is 18.2 Å². The van der Waals surface area contributed by atoms with Gasteiger partial charge in [0.15, 0.2) is 0 Å². The van der Waals surface area contributed by atoms with Gasteiger partial charge in [-0.3, -0.25) is 0 Å². The van der Waals surface area contributed by atoms with Crippen molar-refractivity contribution >= 4 is 5.69 Å². The number of phenolic OH excluding ortho intramolecular Hbond substituents is 1. The molecule has 4 heteroatoms. The largest absolute Gasteiger partial charge is 0.505 e. The van der Waals surface area contributed by atoms with Gasteiger partial charge in [0.25, 0.3) is 0 Å². The van der Waals surface area contributed by atoms with Crippen LogP contribution >= 0.6 is 0 Å². The Morgan fingerprint density at radius 2 is 2.21 bits per heavy atom. The topological polar surface area (TPSA) is 96.1 Å². The first-order valence-corrected chi connectivity index (χ1v) is 4.27. The van der Waals surface area contributed by atoms with Crippen molar-refractivity contribution in [3.8, 4) is 11.8 Å². The Kier molecular flexibility index (Phi) is 2.95. The van der Waals surface area contributed by atoms with E-state index in [1.807, 2.05) is 13.0 Å². The van der Waals surface area contributed by atoms with Crippen LogP contribution in [0, 0.1) is 18.3 Å². The summed E-state index contributed by atoms with van der Waals surface area (Å²) in [6, 6.07) is 4.88. The van der Waals surface area contributed by atoms with E-state index in [1.165, 1.54) is 0 Å². The van der Waals surface area contributed by atoms with Crippen molar-refractivity contribution in [2.24, 2.45) is 5.73 Å². The van der Waals surface area contributed by atoms with Gasteiger partial charge >= 0.3 is 0 Å². The maximum atomic E-state index is 9.60. The van der Waals surface area contributed by atoms with E-state index in [2.05, 4.69) is 0 Å². The smallest absolute Gasteiger partial charge is 0.143 e. The average Bonchev–Trinajstić information content (AvgIpc) is 2.11. The second-order valence-corrected chi connectivity index (χ2v) is 3.26. The summed E-state index contributed by atoms with van der Waals surface area (Å²) in [5.41, 5.74) is 13.0. The molecular formula is C10H13N3O. The molecule has 0 spiro atoms. The lowest BCUT2D eigenvalue weighted by Gasteiger charge is -2.12. The molecule has 1 aromatic rings. The number of hydrogen-bond acceptors (Lipinski definition) is 4. The molecular weight excluding hydrogens is 178 g/mol. The van der Waals surface area contributed by atoms with Gasteiger partial charge in [0.2, 0.25) is 0 Å². The van der Waals surface area contributed by atoms with Crippen molar-refractivity contribution in [2.75, 3.05) is 5.73 Å². The minimum atomic E-state index is -0.484. The van der Waals surface area contributed by atoms with Gasteiger partial charge in [-0.2, -0.15) is 5.26 Å². The van der Waals surface area contributed by atoms with Crippen molar-refractivity contribution in [1.82, 2.24) is 0 Å². The van der Waals surface area contributed by atoms with Crippen molar-refractivity contribution in [3.05, 3.63) is 23.3 Å². The van der Waals surface area contributed by atoms with E-state index in [9.17, 15) is 5.11 Å². The van der Waals surface area contributed by atoms with Crippen LogP contribution in [0.4, 0.5) is 5.69 Å². The molecule has 1 rings (SSSR count). The van der Waals surface area contributed by atoms with Crippen LogP contribution in [0.5, 0.6) is 5.75 Å². The van der Waals surface area contributed by atoms with Crippen molar-refractivity contribution in [1.29, 1.82) is 5.26 Å². The second-order valence-electron chi connectivity index (χ2n) is 3.26. The minimum Gasteiger partial charge on any atom is -0.505 e. The fraction of sp³-hybridized carbons (Fsp3) is 0.300. The Labute approximate surface area is 82.8 Å². The lowest BCUT2D eigenvalue weighted by molar-refractivity contribution is 0.464. The van der Waals surface area contributed by atoms with Gasteiger partial charge in [-0.1, -0.05) is 6.07 Å². The Balaban J connectivity index is 3.14. The van der Waals surface area contributed by atoms with Gasteiger partial charge in [-0.05, 0) is 18.6 Å². The highest BCUT2D eigenvalue weighted by Gasteiger charge is 2.13. The number of nitrogen functional groups attached to an aromatic ring is 1. The van der Waals surface area contributed by atoms with E-state index in [0.717, 1.165) is 5.56 Å². The van der Waals surface area contributed by atoms with E-state index in [-0.39, 0.29) is 12.2 Å². The van der Waals surface area contributed by atoms with Gasteiger partial charge in [0.1, 0.15) is 5.75 Å². The average molecular weight is 191 g/mol. The predicted octanol–water partition coefficient (Wildman–Crippen LogP) is 1.20. The molecule has 0 bridgehead atoms. The quantitative estimate of drug-likeness (QED) is 0.483. The zero-order chi connectivity index (χ0) is 10.7. The maximum Gasteiger partial charge on any atom is 0.143 e. The number of rotatable bonds is 2. The van der Waals surface area contributed by atoms with E-state index in [1.54, 1.807) is 12.1 Å². The number of hydrogen-bond donors (Lipinski definition) is 3. The van der Waals surface area contributed by atoms with E-state index in [0.29, 0.717) is 11.3 Å². The molecule has 0 amide bonds. The summed E-state index contributed by atoms with van der Waals surface area (Å²) in [5.74, 6) is -0.0154. The predicted molar refractivity (Wildman–Crippen MR) is 54.4 cm³/mol. The number of aryl methyl sites for hydroxylation is 1. The third kappa shape index (κ3) is 1.95. The van der Waals surface area contributed by atoms with Gasteiger partial charge in [-0.15, -0.1) is 0 Å². The molecule has 4 nitrogen and oxygen atoms in total. The Morgan fingerprint density at radius 1 is 1.57 bits per heavy atom. The minimum absolute atomic E-state index is 0.0154. The maximum absolute atomic E-state index is 9.60. The lowest BCUT2D eigenvalue weighted by Crippen LogP contribution is -2.10. The van der Waals surface area contributed by atoms with Crippen LogP contribution in [-0.4, -0.2) is 5.11 Å². The fourth-order valence-corrected chi connectivity index (χ4v) is 1.33. The number of anilines is 1. The Bertz CT molecular complexity index is 382. The van der Waals surface area contributed by atoms with Gasteiger partial charge < -0.3 is 16.6 Å². The zero-order valence-corrected chi connectivity index (χ0v) is 7.99. The molecule has 1 atom stereocenters. The number of nitriles is 1. The van der Waals surface area contributed by atoms with Crippen molar-refractivity contribution in [3.63, 3.8) is 0 Å². The first-order valence-electron chi connectivity index (χ1n) is 4.27. The number of benzene rings is 1. The van der Waals surface area contributed by atoms with Crippen molar-refractivity contribution in [2.45, 2.75) is 19.4 Å². The number of nitrogens with zero attached hydrogens (tertiary/aromatic N) is 1. The summed E-state index contributed by atoms with van der Waals surface area (Å²) in [5, 5.41) is 18.1. The molecule has 1 unspecified atom stereocenters. The highest BCUT2D eigenvalue weighted by Crippen LogP contribution is 2.31. The van der Waals surface area contributed by atoms with Crippen LogP contribution in [0.2, 0.25) is 0 Å². The van der Waals surface area contributed by atoms with Crippen LogP contribution in [0.15, 0.2) is 12.1 Å². The third-order valence-corrected chi connectivity index (χ3v) is 2.02. The fourth-order valence-electron chi connectivity index (χ4n) is 1.33. The molecule has 0 radical (unpaired) electrons. The Hall–Kier alpha value is -1.73. The number of phenols is 1. The van der Waals surface area contributed by atoms with Gasteiger partial charge in [-0.25, -0.2) is 0 Å². The molecule has 74 valence electrons. The zero-order valence-electron chi connectivity index (χ0n) is 7.99. The molecule has 0 aromatic heterocycles. The van der Waals surface area contributed by atoms with Gasteiger partial charge in [0, 0.05) is 11.6 Å². The third-order valence-electron chi connectivity index (χ3n) is 2.02. The summed E-state index contributed by atoms with van der Waals surface area (Å²) in [7, 11) is 0. The normalized spacial score (nSPS) is 12.1. The van der Waals surface area contributed by atoms with Crippen LogP contribution < -0.4 is 11.5 Å².